The average molecular weight is 153 g/mol. The number of hydrogen-bond acceptors (Lipinski definition) is 0. The fourth-order valence-electron chi connectivity index (χ4n) is 1.94. The third-order valence-electron chi connectivity index (χ3n) is 2.71. The van der Waals surface area contributed by atoms with Crippen molar-refractivity contribution in [1.29, 1.82) is 0 Å². The van der Waals surface area contributed by atoms with Gasteiger partial charge in [-0.15, -0.1) is 0 Å². The highest BCUT2D eigenvalue weighted by atomic mass is 14.2. The summed E-state index contributed by atoms with van der Waals surface area (Å²) in [6.07, 6.45) is 14.1. The molecule has 0 saturated heterocycles. The van der Waals surface area contributed by atoms with Crippen LogP contribution < -0.4 is 0 Å². The van der Waals surface area contributed by atoms with Gasteiger partial charge in [-0.3, -0.25) is 0 Å². The molecule has 1 aliphatic rings. The molecule has 0 spiro atoms. The Balaban J connectivity index is 1.86. The fraction of sp³-hybridized carbons (Fsp3) is 0.909. The molecule has 0 atom stereocenters. The van der Waals surface area contributed by atoms with Gasteiger partial charge < -0.3 is 0 Å². The zero-order valence-corrected chi connectivity index (χ0v) is 7.81. The molecule has 0 aromatic carbocycles. The molecule has 0 aliphatic heterocycles. The molecular formula is C11H21. The Bertz CT molecular complexity index is 80.0. The molecule has 0 bridgehead atoms. The Kier molecular flexibility index (Phi) is 4.65. The van der Waals surface area contributed by atoms with E-state index >= 15 is 0 Å². The first-order valence-corrected chi connectivity index (χ1v) is 5.27. The van der Waals surface area contributed by atoms with Crippen LogP contribution >= 0.6 is 0 Å². The van der Waals surface area contributed by atoms with Crippen LogP contribution in [0.2, 0.25) is 0 Å². The first-order chi connectivity index (χ1) is 5.43. The average Bonchev–Trinajstić information content (AvgIpc) is 2.50. The van der Waals surface area contributed by atoms with Crippen molar-refractivity contribution in [3.8, 4) is 0 Å². The maximum absolute atomic E-state index is 2.57. The van der Waals surface area contributed by atoms with Gasteiger partial charge in [0, 0.05) is 0 Å². The Morgan fingerprint density at radius 1 is 1.18 bits per heavy atom. The number of rotatable bonds is 5. The van der Waals surface area contributed by atoms with E-state index in [0.29, 0.717) is 0 Å². The largest absolute Gasteiger partial charge is 0.0654 e. The Morgan fingerprint density at radius 2 is 1.91 bits per heavy atom. The highest BCUT2D eigenvalue weighted by molar-refractivity contribution is 4.80. The molecule has 0 unspecified atom stereocenters. The van der Waals surface area contributed by atoms with E-state index in [9.17, 15) is 0 Å². The molecule has 0 heterocycles. The molecule has 65 valence electrons. The second-order valence-electron chi connectivity index (χ2n) is 3.78. The molecule has 1 aliphatic carbocycles. The molecule has 11 heavy (non-hydrogen) atoms. The van der Waals surface area contributed by atoms with Crippen LogP contribution in [0.25, 0.3) is 0 Å². The van der Waals surface area contributed by atoms with Crippen LogP contribution in [0.3, 0.4) is 0 Å². The summed E-state index contributed by atoms with van der Waals surface area (Å²) in [7, 11) is 0. The van der Waals surface area contributed by atoms with Gasteiger partial charge in [-0.25, -0.2) is 0 Å². The summed E-state index contributed by atoms with van der Waals surface area (Å²) in [6.45, 7) is 2.27. The second-order valence-corrected chi connectivity index (χ2v) is 3.78. The van der Waals surface area contributed by atoms with Gasteiger partial charge in [0.25, 0.3) is 0 Å². The third kappa shape index (κ3) is 3.79. The standard InChI is InChI=1S/C11H21/c1-2-3-4-5-8-11-9-6-7-10-11/h8,11H,2-7,9-10H2,1H3. The summed E-state index contributed by atoms with van der Waals surface area (Å²) in [4.78, 5) is 0. The van der Waals surface area contributed by atoms with Gasteiger partial charge in [0.2, 0.25) is 0 Å². The van der Waals surface area contributed by atoms with E-state index in [2.05, 4.69) is 13.3 Å². The van der Waals surface area contributed by atoms with Gasteiger partial charge in [0.15, 0.2) is 0 Å². The minimum Gasteiger partial charge on any atom is -0.0654 e. The van der Waals surface area contributed by atoms with Gasteiger partial charge >= 0.3 is 0 Å². The second kappa shape index (κ2) is 5.62. The lowest BCUT2D eigenvalue weighted by atomic mass is 10.00. The lowest BCUT2D eigenvalue weighted by Gasteiger charge is -2.06. The minimum atomic E-state index is 0.992. The zero-order chi connectivity index (χ0) is 7.94. The molecule has 1 rings (SSSR count). The maximum atomic E-state index is 2.57. The zero-order valence-electron chi connectivity index (χ0n) is 7.81. The van der Waals surface area contributed by atoms with E-state index in [0.717, 1.165) is 5.92 Å². The SMILES string of the molecule is CCCCC[CH]C1CCCC1. The lowest BCUT2D eigenvalue weighted by molar-refractivity contribution is 0.578. The quantitative estimate of drug-likeness (QED) is 0.524. The summed E-state index contributed by atoms with van der Waals surface area (Å²) in [6, 6.07) is 0. The van der Waals surface area contributed by atoms with Crippen LogP contribution in [-0.2, 0) is 0 Å². The van der Waals surface area contributed by atoms with Crippen molar-refractivity contribution in [3.05, 3.63) is 6.42 Å². The molecule has 0 heteroatoms. The molecule has 0 N–H and O–H groups in total. The van der Waals surface area contributed by atoms with Crippen molar-refractivity contribution < 1.29 is 0 Å². The van der Waals surface area contributed by atoms with Gasteiger partial charge in [-0.2, -0.15) is 0 Å². The van der Waals surface area contributed by atoms with Gasteiger partial charge in [0.1, 0.15) is 0 Å². The van der Waals surface area contributed by atoms with Gasteiger partial charge in [0.05, 0.1) is 0 Å². The van der Waals surface area contributed by atoms with Crippen LogP contribution in [0, 0.1) is 12.3 Å². The Hall–Kier alpha value is 0. The van der Waals surface area contributed by atoms with Crippen molar-refractivity contribution in [3.63, 3.8) is 0 Å². The van der Waals surface area contributed by atoms with Crippen LogP contribution in [0.15, 0.2) is 0 Å². The van der Waals surface area contributed by atoms with Crippen molar-refractivity contribution in [2.24, 2.45) is 5.92 Å². The smallest absolute Gasteiger partial charge is 0.0355 e. The van der Waals surface area contributed by atoms with Crippen molar-refractivity contribution >= 4 is 0 Å². The van der Waals surface area contributed by atoms with E-state index in [1.165, 1.54) is 51.4 Å². The van der Waals surface area contributed by atoms with Crippen LogP contribution in [0.1, 0.15) is 58.3 Å². The van der Waals surface area contributed by atoms with E-state index in [4.69, 9.17) is 0 Å². The van der Waals surface area contributed by atoms with E-state index in [1.54, 1.807) is 0 Å². The molecule has 0 nitrogen and oxygen atoms in total. The lowest BCUT2D eigenvalue weighted by Crippen LogP contribution is -1.93. The highest BCUT2D eigenvalue weighted by Gasteiger charge is 2.13. The monoisotopic (exact) mass is 153 g/mol. The Labute approximate surface area is 71.4 Å². The van der Waals surface area contributed by atoms with Crippen molar-refractivity contribution in [2.45, 2.75) is 58.3 Å². The number of hydrogen-bond donors (Lipinski definition) is 0. The predicted molar refractivity (Wildman–Crippen MR) is 50.4 cm³/mol. The molecular weight excluding hydrogens is 132 g/mol. The first kappa shape index (κ1) is 9.09. The van der Waals surface area contributed by atoms with E-state index in [1.807, 2.05) is 0 Å². The van der Waals surface area contributed by atoms with Gasteiger partial charge in [-0.1, -0.05) is 51.9 Å². The first-order valence-electron chi connectivity index (χ1n) is 5.27. The molecule has 0 aromatic rings. The van der Waals surface area contributed by atoms with Crippen LogP contribution in [0.5, 0.6) is 0 Å². The Morgan fingerprint density at radius 3 is 2.55 bits per heavy atom. The van der Waals surface area contributed by atoms with Crippen molar-refractivity contribution in [1.82, 2.24) is 0 Å². The summed E-state index contributed by atoms with van der Waals surface area (Å²) in [5.74, 6) is 0.992. The van der Waals surface area contributed by atoms with Crippen molar-refractivity contribution in [2.75, 3.05) is 0 Å². The topological polar surface area (TPSA) is 0 Å². The van der Waals surface area contributed by atoms with Gasteiger partial charge in [-0.05, 0) is 18.8 Å². The third-order valence-corrected chi connectivity index (χ3v) is 2.71. The van der Waals surface area contributed by atoms with Crippen LogP contribution in [-0.4, -0.2) is 0 Å². The summed E-state index contributed by atoms with van der Waals surface area (Å²) in [5, 5.41) is 0. The fourth-order valence-corrected chi connectivity index (χ4v) is 1.94. The number of unbranched alkanes of at least 4 members (excludes halogenated alkanes) is 3. The highest BCUT2D eigenvalue weighted by Crippen LogP contribution is 2.28. The molecule has 1 radical (unpaired) electrons. The summed E-state index contributed by atoms with van der Waals surface area (Å²) in [5.41, 5.74) is 0. The molecule has 0 aromatic heterocycles. The summed E-state index contributed by atoms with van der Waals surface area (Å²) >= 11 is 0. The van der Waals surface area contributed by atoms with E-state index < -0.39 is 0 Å². The van der Waals surface area contributed by atoms with Crippen LogP contribution in [0.4, 0.5) is 0 Å². The predicted octanol–water partition coefficient (Wildman–Crippen LogP) is 3.96. The maximum Gasteiger partial charge on any atom is -0.0355 e. The van der Waals surface area contributed by atoms with E-state index in [-0.39, 0.29) is 0 Å². The molecule has 1 saturated carbocycles. The molecule has 1 fully saturated rings. The minimum absolute atomic E-state index is 0.992. The molecule has 0 amide bonds. The summed E-state index contributed by atoms with van der Waals surface area (Å²) < 4.78 is 0. The normalized spacial score (nSPS) is 19.4.